The highest BCUT2D eigenvalue weighted by Gasteiger charge is 2.15. The van der Waals surface area contributed by atoms with Crippen molar-refractivity contribution in [1.29, 1.82) is 0 Å². The maximum atomic E-state index is 12.6. The number of urea groups is 1. The summed E-state index contributed by atoms with van der Waals surface area (Å²) in [5.41, 5.74) is 1.68. The number of benzene rings is 3. The smallest absolute Gasteiger partial charge is 0.323 e. The Hall–Kier alpha value is -3.85. The van der Waals surface area contributed by atoms with Crippen LogP contribution in [0.5, 0.6) is 0 Å². The van der Waals surface area contributed by atoms with Gasteiger partial charge in [0.25, 0.3) is 15.9 Å². The molecule has 30 heavy (non-hydrogen) atoms. The van der Waals surface area contributed by atoms with Gasteiger partial charge in [0.2, 0.25) is 0 Å². The zero-order valence-corrected chi connectivity index (χ0v) is 16.9. The van der Waals surface area contributed by atoms with E-state index < -0.39 is 16.1 Å². The number of anilines is 3. The molecule has 0 saturated carbocycles. The molecular weight excluding hydrogens is 404 g/mol. The van der Waals surface area contributed by atoms with Crippen LogP contribution in [0.1, 0.15) is 10.4 Å². The first-order valence-corrected chi connectivity index (χ1v) is 10.4. The zero-order valence-electron chi connectivity index (χ0n) is 16.0. The van der Waals surface area contributed by atoms with Crippen molar-refractivity contribution < 1.29 is 18.0 Å². The molecule has 8 nitrogen and oxygen atoms in total. The summed E-state index contributed by atoms with van der Waals surface area (Å²) in [5, 5.41) is 7.81. The third kappa shape index (κ3) is 5.36. The first-order chi connectivity index (χ1) is 14.4. The van der Waals surface area contributed by atoms with Gasteiger partial charge < -0.3 is 16.0 Å². The summed E-state index contributed by atoms with van der Waals surface area (Å²) in [7, 11) is -2.37. The summed E-state index contributed by atoms with van der Waals surface area (Å²) in [6.45, 7) is 0. The number of amides is 3. The van der Waals surface area contributed by atoms with Crippen LogP contribution >= 0.6 is 0 Å². The van der Waals surface area contributed by atoms with E-state index in [0.717, 1.165) is 0 Å². The highest BCUT2D eigenvalue weighted by Crippen LogP contribution is 2.20. The molecule has 0 heterocycles. The van der Waals surface area contributed by atoms with Crippen LogP contribution in [0.2, 0.25) is 0 Å². The fraction of sp³-hybridized carbons (Fsp3) is 0.0476. The van der Waals surface area contributed by atoms with Crippen LogP contribution in [0.15, 0.2) is 83.8 Å². The van der Waals surface area contributed by atoms with E-state index in [-0.39, 0.29) is 16.5 Å². The van der Waals surface area contributed by atoms with Crippen LogP contribution in [0.25, 0.3) is 0 Å². The highest BCUT2D eigenvalue weighted by molar-refractivity contribution is 7.92. The van der Waals surface area contributed by atoms with E-state index in [2.05, 4.69) is 20.7 Å². The fourth-order valence-electron chi connectivity index (χ4n) is 2.62. The Morgan fingerprint density at radius 2 is 1.33 bits per heavy atom. The Balaban J connectivity index is 1.69. The molecular formula is C21H20N4O4S. The van der Waals surface area contributed by atoms with Crippen molar-refractivity contribution in [2.75, 3.05) is 22.4 Å². The van der Waals surface area contributed by atoms with E-state index in [1.807, 2.05) is 6.07 Å². The second-order valence-corrected chi connectivity index (χ2v) is 7.92. The lowest BCUT2D eigenvalue weighted by Crippen LogP contribution is -2.19. The number of carbonyl (C=O) groups excluding carboxylic acids is 2. The second kappa shape index (κ2) is 9.10. The average molecular weight is 424 g/mol. The fourth-order valence-corrected chi connectivity index (χ4v) is 3.67. The van der Waals surface area contributed by atoms with Gasteiger partial charge in [0, 0.05) is 24.0 Å². The minimum Gasteiger partial charge on any atom is -0.355 e. The molecule has 0 spiro atoms. The van der Waals surface area contributed by atoms with Gasteiger partial charge in [-0.3, -0.25) is 9.52 Å². The molecule has 9 heteroatoms. The number of hydrogen-bond acceptors (Lipinski definition) is 4. The molecule has 0 fully saturated rings. The lowest BCUT2D eigenvalue weighted by Gasteiger charge is -2.11. The molecule has 3 aromatic carbocycles. The Kier molecular flexibility index (Phi) is 6.33. The second-order valence-electron chi connectivity index (χ2n) is 6.23. The molecule has 3 rings (SSSR count). The monoisotopic (exact) mass is 424 g/mol. The van der Waals surface area contributed by atoms with Crippen molar-refractivity contribution in [1.82, 2.24) is 5.32 Å². The number of rotatable bonds is 6. The summed E-state index contributed by atoms with van der Waals surface area (Å²) in [6, 6.07) is 20.4. The summed E-state index contributed by atoms with van der Waals surface area (Å²) in [6.07, 6.45) is 0. The summed E-state index contributed by atoms with van der Waals surface area (Å²) < 4.78 is 27.7. The van der Waals surface area contributed by atoms with Crippen molar-refractivity contribution in [3.8, 4) is 0 Å². The van der Waals surface area contributed by atoms with E-state index in [4.69, 9.17) is 0 Å². The van der Waals surface area contributed by atoms with E-state index in [0.29, 0.717) is 16.9 Å². The standard InChI is InChI=1S/C21H20N4O4S/c1-22-20(26)15-10-12-19(13-11-15)30(28,29)25-18-9-5-8-17(14-18)24-21(27)23-16-6-3-2-4-7-16/h2-14,25H,1H3,(H,22,26)(H2,23,24,27). The van der Waals surface area contributed by atoms with E-state index in [9.17, 15) is 18.0 Å². The first-order valence-electron chi connectivity index (χ1n) is 8.95. The highest BCUT2D eigenvalue weighted by atomic mass is 32.2. The van der Waals surface area contributed by atoms with Crippen molar-refractivity contribution in [3.63, 3.8) is 0 Å². The molecule has 0 radical (unpaired) electrons. The summed E-state index contributed by atoms with van der Waals surface area (Å²) in [5.74, 6) is -0.306. The quantitative estimate of drug-likeness (QED) is 0.485. The third-order valence-corrected chi connectivity index (χ3v) is 5.46. The van der Waals surface area contributed by atoms with Crippen molar-refractivity contribution >= 4 is 39.0 Å². The molecule has 0 atom stereocenters. The molecule has 0 aliphatic carbocycles. The molecule has 0 aliphatic rings. The topological polar surface area (TPSA) is 116 Å². The maximum absolute atomic E-state index is 12.6. The minimum atomic E-state index is -3.87. The molecule has 3 aromatic rings. The molecule has 0 bridgehead atoms. The minimum absolute atomic E-state index is 0.00957. The van der Waals surface area contributed by atoms with Gasteiger partial charge in [-0.1, -0.05) is 24.3 Å². The van der Waals surface area contributed by atoms with Gasteiger partial charge in [-0.05, 0) is 54.6 Å². The number of carbonyl (C=O) groups is 2. The molecule has 0 unspecified atom stereocenters. The van der Waals surface area contributed by atoms with Crippen LogP contribution in [0.3, 0.4) is 0 Å². The molecule has 154 valence electrons. The van der Waals surface area contributed by atoms with Gasteiger partial charge in [0.15, 0.2) is 0 Å². The molecule has 0 aliphatic heterocycles. The van der Waals surface area contributed by atoms with E-state index in [1.54, 1.807) is 42.5 Å². The van der Waals surface area contributed by atoms with Crippen molar-refractivity contribution in [2.24, 2.45) is 0 Å². The van der Waals surface area contributed by atoms with E-state index in [1.165, 1.54) is 37.4 Å². The van der Waals surface area contributed by atoms with Crippen LogP contribution in [-0.2, 0) is 10.0 Å². The van der Waals surface area contributed by atoms with Crippen LogP contribution in [-0.4, -0.2) is 27.4 Å². The molecule has 0 saturated heterocycles. The van der Waals surface area contributed by atoms with Gasteiger partial charge in [0.05, 0.1) is 10.6 Å². The number of para-hydroxylation sites is 1. The number of hydrogen-bond donors (Lipinski definition) is 4. The Bertz CT molecular complexity index is 1150. The van der Waals surface area contributed by atoms with Gasteiger partial charge in [-0.2, -0.15) is 0 Å². The third-order valence-electron chi connectivity index (χ3n) is 4.06. The first kappa shape index (κ1) is 20.9. The van der Waals surface area contributed by atoms with Crippen LogP contribution in [0, 0.1) is 0 Å². The van der Waals surface area contributed by atoms with Gasteiger partial charge >= 0.3 is 6.03 Å². The van der Waals surface area contributed by atoms with Gasteiger partial charge in [-0.25, -0.2) is 13.2 Å². The lowest BCUT2D eigenvalue weighted by atomic mass is 10.2. The Morgan fingerprint density at radius 1 is 0.733 bits per heavy atom. The molecule has 0 aromatic heterocycles. The Labute approximate surface area is 174 Å². The molecule has 4 N–H and O–H groups in total. The van der Waals surface area contributed by atoms with Gasteiger partial charge in [-0.15, -0.1) is 0 Å². The zero-order chi connectivity index (χ0) is 21.6. The largest absolute Gasteiger partial charge is 0.355 e. The van der Waals surface area contributed by atoms with Gasteiger partial charge in [0.1, 0.15) is 0 Å². The normalized spacial score (nSPS) is 10.7. The average Bonchev–Trinajstić information content (AvgIpc) is 2.74. The van der Waals surface area contributed by atoms with Crippen molar-refractivity contribution in [2.45, 2.75) is 4.90 Å². The summed E-state index contributed by atoms with van der Waals surface area (Å²) in [4.78, 5) is 23.7. The van der Waals surface area contributed by atoms with Crippen molar-refractivity contribution in [3.05, 3.63) is 84.4 Å². The van der Waals surface area contributed by atoms with E-state index >= 15 is 0 Å². The van der Waals surface area contributed by atoms with Crippen LogP contribution in [0.4, 0.5) is 21.9 Å². The maximum Gasteiger partial charge on any atom is 0.323 e. The molecule has 3 amide bonds. The predicted octanol–water partition coefficient (Wildman–Crippen LogP) is 3.49. The lowest BCUT2D eigenvalue weighted by molar-refractivity contribution is 0.0963. The predicted molar refractivity (Wildman–Crippen MR) is 116 cm³/mol. The number of sulfonamides is 1. The Morgan fingerprint density at radius 3 is 2.00 bits per heavy atom. The summed E-state index contributed by atoms with van der Waals surface area (Å²) >= 11 is 0. The SMILES string of the molecule is CNC(=O)c1ccc(S(=O)(=O)Nc2cccc(NC(=O)Nc3ccccc3)c2)cc1. The number of nitrogens with one attached hydrogen (secondary N) is 4. The van der Waals surface area contributed by atoms with Crippen LogP contribution < -0.4 is 20.7 Å².